The largest absolute Gasteiger partial charge is 0.425 e. The van der Waals surface area contributed by atoms with Gasteiger partial charge in [0.2, 0.25) is 0 Å². The zero-order valence-corrected chi connectivity index (χ0v) is 27.9. The summed E-state index contributed by atoms with van der Waals surface area (Å²) in [7, 11) is 0. The molecular formula is C33H39FN6O6S. The Kier molecular flexibility index (Phi) is 10.1. The second kappa shape index (κ2) is 13.9. The number of hydrogen-bond donors (Lipinski definition) is 1. The third-order valence-corrected chi connectivity index (χ3v) is 9.86. The lowest BCUT2D eigenvalue weighted by atomic mass is 9.91. The van der Waals surface area contributed by atoms with Crippen LogP contribution in [0.15, 0.2) is 40.2 Å². The van der Waals surface area contributed by atoms with E-state index in [1.807, 2.05) is 13.8 Å². The summed E-state index contributed by atoms with van der Waals surface area (Å²) < 4.78 is 29.5. The van der Waals surface area contributed by atoms with E-state index in [1.165, 1.54) is 40.0 Å². The van der Waals surface area contributed by atoms with Gasteiger partial charge in [-0.3, -0.25) is 19.0 Å². The van der Waals surface area contributed by atoms with Crippen molar-refractivity contribution in [2.24, 2.45) is 5.92 Å². The molecule has 12 nitrogen and oxygen atoms in total. The molecule has 1 atom stereocenters. The normalized spacial score (nSPS) is 17.6. The van der Waals surface area contributed by atoms with Crippen LogP contribution in [0.3, 0.4) is 0 Å². The van der Waals surface area contributed by atoms with E-state index in [0.29, 0.717) is 41.1 Å². The first-order chi connectivity index (χ1) is 22.3. The van der Waals surface area contributed by atoms with Gasteiger partial charge in [0.1, 0.15) is 33.0 Å². The number of aliphatic hydroxyl groups excluding tert-OH is 1. The maximum atomic E-state index is 14.8. The summed E-state index contributed by atoms with van der Waals surface area (Å²) in [5.41, 5.74) is -2.01. The summed E-state index contributed by atoms with van der Waals surface area (Å²) in [5.74, 6) is -0.618. The predicted molar refractivity (Wildman–Crippen MR) is 174 cm³/mol. The van der Waals surface area contributed by atoms with Crippen LogP contribution >= 0.6 is 11.3 Å². The standard InChI is InChI=1S/C33H39FN6O6S/c1-19(2)15-27(42)33(4,5)39-29(43)28-20(3)30(40-36-13-14-37-40)47-31(28)38(32(39)44)17-26(46-23-10-8-22(41)9-11-23)24-16-21(34)7-12-25(24)45-18-35-6/h7,12-14,16,19,22-23,26,41H,8-11,15,17-18H2,1-5H3/t22?,23?,26-/m0/s1. The first-order valence-electron chi connectivity index (χ1n) is 15.6. The zero-order valence-electron chi connectivity index (χ0n) is 27.1. The number of ether oxygens (including phenoxy) is 2. The van der Waals surface area contributed by atoms with Crippen molar-refractivity contribution in [3.8, 4) is 10.8 Å². The van der Waals surface area contributed by atoms with E-state index >= 15 is 0 Å². The van der Waals surface area contributed by atoms with Crippen LogP contribution < -0.4 is 16.0 Å². The van der Waals surface area contributed by atoms with Crippen molar-refractivity contribution in [2.45, 2.75) is 97.1 Å². The highest BCUT2D eigenvalue weighted by molar-refractivity contribution is 7.21. The third kappa shape index (κ3) is 6.93. The van der Waals surface area contributed by atoms with Crippen LogP contribution in [0, 0.1) is 25.2 Å². The van der Waals surface area contributed by atoms with Crippen LogP contribution in [-0.2, 0) is 21.6 Å². The number of aromatic nitrogens is 5. The van der Waals surface area contributed by atoms with E-state index in [1.54, 1.807) is 20.8 Å². The highest BCUT2D eigenvalue weighted by Gasteiger charge is 2.36. The van der Waals surface area contributed by atoms with Crippen molar-refractivity contribution in [3.63, 3.8) is 0 Å². The van der Waals surface area contributed by atoms with Crippen LogP contribution in [0.25, 0.3) is 20.1 Å². The van der Waals surface area contributed by atoms with E-state index in [0.717, 1.165) is 15.9 Å². The summed E-state index contributed by atoms with van der Waals surface area (Å²) in [6.07, 6.45) is 3.55. The van der Waals surface area contributed by atoms with Crippen LogP contribution in [-0.4, -0.2) is 54.0 Å². The van der Waals surface area contributed by atoms with Gasteiger partial charge in [0.25, 0.3) is 5.56 Å². The van der Waals surface area contributed by atoms with Gasteiger partial charge in [-0.15, -0.1) is 4.80 Å². The van der Waals surface area contributed by atoms with Crippen LogP contribution in [0.1, 0.15) is 77.0 Å². The molecule has 1 fully saturated rings. The quantitative estimate of drug-likeness (QED) is 0.211. The number of nitrogens with zero attached hydrogens (tertiary/aromatic N) is 6. The van der Waals surface area contributed by atoms with Crippen LogP contribution in [0.2, 0.25) is 0 Å². The molecule has 4 aromatic rings. The van der Waals surface area contributed by atoms with Gasteiger partial charge in [0.05, 0.1) is 36.5 Å². The van der Waals surface area contributed by atoms with Crippen molar-refractivity contribution < 1.29 is 23.8 Å². The average Bonchev–Trinajstić information content (AvgIpc) is 3.67. The van der Waals surface area contributed by atoms with Gasteiger partial charge in [-0.2, -0.15) is 10.2 Å². The van der Waals surface area contributed by atoms with Crippen LogP contribution in [0.5, 0.6) is 5.75 Å². The average molecular weight is 667 g/mol. The number of rotatable bonds is 12. The molecule has 1 aromatic carbocycles. The summed E-state index contributed by atoms with van der Waals surface area (Å²) in [6.45, 7) is 15.4. The number of fused-ring (bicyclic) bond motifs is 1. The van der Waals surface area contributed by atoms with E-state index in [-0.39, 0.29) is 54.2 Å². The van der Waals surface area contributed by atoms with E-state index in [2.05, 4.69) is 15.0 Å². The second-order valence-electron chi connectivity index (χ2n) is 12.8. The Bertz CT molecular complexity index is 1910. The number of aliphatic hydroxyl groups is 1. The van der Waals surface area contributed by atoms with Crippen molar-refractivity contribution >= 4 is 27.3 Å². The molecule has 1 aliphatic rings. The summed E-state index contributed by atoms with van der Waals surface area (Å²) >= 11 is 1.15. The van der Waals surface area contributed by atoms with Gasteiger partial charge in [-0.05, 0) is 70.6 Å². The molecule has 0 radical (unpaired) electrons. The third-order valence-electron chi connectivity index (χ3n) is 8.57. The molecule has 14 heteroatoms. The smallest absolute Gasteiger partial charge is 0.357 e. The van der Waals surface area contributed by atoms with Gasteiger partial charge < -0.3 is 14.6 Å². The number of carbonyl (C=O) groups is 1. The minimum Gasteiger partial charge on any atom is -0.425 e. The fourth-order valence-electron chi connectivity index (χ4n) is 6.04. The molecule has 0 spiro atoms. The maximum absolute atomic E-state index is 14.8. The van der Waals surface area contributed by atoms with Crippen molar-refractivity contribution in [2.75, 3.05) is 6.73 Å². The minimum atomic E-state index is -1.49. The Balaban J connectivity index is 1.75. The molecule has 1 aliphatic carbocycles. The molecule has 5 rings (SSSR count). The Morgan fingerprint density at radius 1 is 1.19 bits per heavy atom. The number of hydrogen-bond acceptors (Lipinski definition) is 9. The minimum absolute atomic E-state index is 0.00236. The van der Waals surface area contributed by atoms with Gasteiger partial charge in [0.15, 0.2) is 5.78 Å². The lowest BCUT2D eigenvalue weighted by Crippen LogP contribution is -2.53. The lowest BCUT2D eigenvalue weighted by Gasteiger charge is -2.31. The molecule has 250 valence electrons. The van der Waals surface area contributed by atoms with E-state index in [9.17, 15) is 23.9 Å². The second-order valence-corrected chi connectivity index (χ2v) is 13.8. The fraction of sp³-hybridized carbons (Fsp3) is 0.515. The molecule has 1 N–H and O–H groups in total. The molecular weight excluding hydrogens is 627 g/mol. The molecule has 3 aromatic heterocycles. The maximum Gasteiger partial charge on any atom is 0.357 e. The molecule has 0 aliphatic heterocycles. The Labute approximate surface area is 275 Å². The Hall–Kier alpha value is -4.19. The number of halogens is 1. The fourth-order valence-corrected chi connectivity index (χ4v) is 7.26. The monoisotopic (exact) mass is 666 g/mol. The number of thiophene rings is 1. The van der Waals surface area contributed by atoms with Crippen molar-refractivity contribution in [3.05, 3.63) is 79.8 Å². The SMILES string of the molecule is [C-]#[N+]COc1ccc(F)cc1[C@H](Cn1c(=O)n(C(C)(C)C(=O)CC(C)C)c(=O)c2c(C)c(-n3nccn3)sc21)OC1CCC(O)CC1. The Morgan fingerprint density at radius 3 is 2.51 bits per heavy atom. The zero-order chi connectivity index (χ0) is 34.0. The lowest BCUT2D eigenvalue weighted by molar-refractivity contribution is -0.127. The van der Waals surface area contributed by atoms with E-state index < -0.39 is 34.8 Å². The Morgan fingerprint density at radius 2 is 1.87 bits per heavy atom. The van der Waals surface area contributed by atoms with Gasteiger partial charge in [-0.25, -0.2) is 20.3 Å². The predicted octanol–water partition coefficient (Wildman–Crippen LogP) is 4.92. The molecule has 0 bridgehead atoms. The van der Waals surface area contributed by atoms with Crippen molar-refractivity contribution in [1.82, 2.24) is 24.1 Å². The summed E-state index contributed by atoms with van der Waals surface area (Å²) in [6, 6.07) is 3.89. The number of aryl methyl sites for hydroxylation is 1. The molecule has 0 unspecified atom stereocenters. The number of carbonyl (C=O) groups excluding carboxylic acids is 1. The molecule has 47 heavy (non-hydrogen) atoms. The van der Waals surface area contributed by atoms with Gasteiger partial charge in [0, 0.05) is 17.5 Å². The molecule has 1 saturated carbocycles. The van der Waals surface area contributed by atoms with Gasteiger partial charge in [-0.1, -0.05) is 25.2 Å². The van der Waals surface area contributed by atoms with Gasteiger partial charge >= 0.3 is 12.4 Å². The highest BCUT2D eigenvalue weighted by atomic mass is 32.1. The first-order valence-corrected chi connectivity index (χ1v) is 16.4. The molecule has 3 heterocycles. The van der Waals surface area contributed by atoms with Crippen LogP contribution in [0.4, 0.5) is 4.39 Å². The number of Topliss-reactive ketones (excluding diaryl/α,β-unsaturated/α-hetero) is 1. The topological polar surface area (TPSA) is 135 Å². The summed E-state index contributed by atoms with van der Waals surface area (Å²) in [5, 5.41) is 19.3. The highest BCUT2D eigenvalue weighted by Crippen LogP contribution is 2.36. The summed E-state index contributed by atoms with van der Waals surface area (Å²) in [4.78, 5) is 47.4. The number of benzene rings is 1. The first kappa shape index (κ1) is 34.2. The molecule has 0 saturated heterocycles. The number of ketones is 1. The molecule has 0 amide bonds. The van der Waals surface area contributed by atoms with E-state index in [4.69, 9.17) is 16.0 Å². The van der Waals surface area contributed by atoms with Crippen molar-refractivity contribution in [1.29, 1.82) is 0 Å².